The van der Waals surface area contributed by atoms with E-state index < -0.39 is 10.0 Å². The molecular weight excluding hydrogens is 460 g/mol. The predicted octanol–water partition coefficient (Wildman–Crippen LogP) is 3.93. The number of anilines is 1. The van der Waals surface area contributed by atoms with Gasteiger partial charge in [-0.25, -0.2) is 13.1 Å². The quantitative estimate of drug-likeness (QED) is 0.485. The van der Waals surface area contributed by atoms with Crippen molar-refractivity contribution < 1.29 is 22.4 Å². The maximum atomic E-state index is 12.4. The minimum absolute atomic E-state index is 0.0405. The molecule has 7 nitrogen and oxygen atoms in total. The second-order valence-corrected chi connectivity index (χ2v) is 8.72. The monoisotopic (exact) mass is 478 g/mol. The average molecular weight is 479 g/mol. The topological polar surface area (TPSA) is 97.6 Å². The molecule has 2 aromatic carbocycles. The maximum Gasteiger partial charge on any atom is 0.241 e. The Bertz CT molecular complexity index is 1070. The molecule has 3 aromatic rings. The molecule has 9 heteroatoms. The molecule has 0 bridgehead atoms. The first-order valence-corrected chi connectivity index (χ1v) is 11.0. The smallest absolute Gasteiger partial charge is 0.241 e. The Labute approximate surface area is 177 Å². The van der Waals surface area contributed by atoms with E-state index in [4.69, 9.17) is 9.15 Å². The van der Waals surface area contributed by atoms with Gasteiger partial charge in [0.1, 0.15) is 11.5 Å². The van der Waals surface area contributed by atoms with E-state index in [0.29, 0.717) is 17.2 Å². The third kappa shape index (κ3) is 6.45. The predicted molar refractivity (Wildman–Crippen MR) is 112 cm³/mol. The molecule has 3 rings (SSSR count). The van der Waals surface area contributed by atoms with Crippen molar-refractivity contribution in [2.24, 2.45) is 0 Å². The number of hydrogen-bond donors (Lipinski definition) is 2. The summed E-state index contributed by atoms with van der Waals surface area (Å²) in [4.78, 5) is 12.2. The van der Waals surface area contributed by atoms with Crippen molar-refractivity contribution in [1.29, 1.82) is 0 Å². The standard InChI is InChI=1S/C20H19BrN2O5S/c21-15-4-1-6-17(12-15)28-11-9-20(24)23-16-5-2-8-19(13-16)29(25,26)22-14-18-7-3-10-27-18/h1-8,10,12-13,22H,9,11,14H2,(H,23,24). The van der Waals surface area contributed by atoms with Gasteiger partial charge < -0.3 is 14.5 Å². The number of sulfonamides is 1. The molecule has 0 fully saturated rings. The molecule has 0 saturated carbocycles. The lowest BCUT2D eigenvalue weighted by Gasteiger charge is -2.10. The molecule has 0 unspecified atom stereocenters. The molecule has 0 aliphatic rings. The number of halogens is 1. The van der Waals surface area contributed by atoms with Crippen LogP contribution in [-0.2, 0) is 21.4 Å². The van der Waals surface area contributed by atoms with Gasteiger partial charge in [-0.15, -0.1) is 0 Å². The lowest BCUT2D eigenvalue weighted by Crippen LogP contribution is -2.23. The van der Waals surface area contributed by atoms with Crippen LogP contribution in [0.5, 0.6) is 5.75 Å². The fourth-order valence-electron chi connectivity index (χ4n) is 2.45. The minimum Gasteiger partial charge on any atom is -0.493 e. The van der Waals surface area contributed by atoms with Gasteiger partial charge in [-0.3, -0.25) is 4.79 Å². The number of amides is 1. The molecule has 1 aromatic heterocycles. The lowest BCUT2D eigenvalue weighted by molar-refractivity contribution is -0.116. The number of carbonyl (C=O) groups is 1. The zero-order valence-corrected chi connectivity index (χ0v) is 17.7. The van der Waals surface area contributed by atoms with Crippen LogP contribution in [0, 0.1) is 0 Å². The van der Waals surface area contributed by atoms with E-state index in [9.17, 15) is 13.2 Å². The van der Waals surface area contributed by atoms with Crippen LogP contribution in [0.3, 0.4) is 0 Å². The Balaban J connectivity index is 1.53. The summed E-state index contributed by atoms with van der Waals surface area (Å²) in [5.74, 6) is 0.879. The molecule has 0 saturated heterocycles. The first-order valence-electron chi connectivity index (χ1n) is 8.73. The van der Waals surface area contributed by atoms with Gasteiger partial charge in [0, 0.05) is 10.2 Å². The van der Waals surface area contributed by atoms with Gasteiger partial charge in [0.05, 0.1) is 30.7 Å². The van der Waals surface area contributed by atoms with Crippen LogP contribution in [0.2, 0.25) is 0 Å². The highest BCUT2D eigenvalue weighted by molar-refractivity contribution is 9.10. The summed E-state index contributed by atoms with van der Waals surface area (Å²) < 4.78 is 38.9. The van der Waals surface area contributed by atoms with Crippen LogP contribution >= 0.6 is 15.9 Å². The first kappa shape index (κ1) is 21.1. The number of carbonyl (C=O) groups excluding carboxylic acids is 1. The van der Waals surface area contributed by atoms with Crippen LogP contribution in [0.15, 0.2) is 80.7 Å². The number of furan rings is 1. The summed E-state index contributed by atoms with van der Waals surface area (Å²) in [7, 11) is -3.74. The largest absolute Gasteiger partial charge is 0.493 e. The summed E-state index contributed by atoms with van der Waals surface area (Å²) in [5, 5.41) is 2.68. The molecule has 152 valence electrons. The number of rotatable bonds is 9. The summed E-state index contributed by atoms with van der Waals surface area (Å²) in [6.07, 6.45) is 1.60. The maximum absolute atomic E-state index is 12.4. The highest BCUT2D eigenvalue weighted by Crippen LogP contribution is 2.18. The van der Waals surface area contributed by atoms with Gasteiger partial charge in [-0.1, -0.05) is 28.1 Å². The molecule has 1 heterocycles. The Morgan fingerprint density at radius 3 is 2.66 bits per heavy atom. The van der Waals surface area contributed by atoms with Gasteiger partial charge in [0.25, 0.3) is 0 Å². The number of nitrogens with one attached hydrogen (secondary N) is 2. The molecule has 0 aliphatic carbocycles. The lowest BCUT2D eigenvalue weighted by atomic mass is 10.3. The van der Waals surface area contributed by atoms with Gasteiger partial charge in [-0.05, 0) is 48.5 Å². The minimum atomic E-state index is -3.74. The number of hydrogen-bond acceptors (Lipinski definition) is 5. The van der Waals surface area contributed by atoms with Crippen LogP contribution in [-0.4, -0.2) is 20.9 Å². The van der Waals surface area contributed by atoms with Crippen LogP contribution in [0.1, 0.15) is 12.2 Å². The summed E-state index contributed by atoms with van der Waals surface area (Å²) >= 11 is 3.35. The van der Waals surface area contributed by atoms with Crippen molar-refractivity contribution >= 4 is 37.5 Å². The summed E-state index contributed by atoms with van der Waals surface area (Å²) in [6, 6.07) is 16.7. The highest BCUT2D eigenvalue weighted by Gasteiger charge is 2.15. The van der Waals surface area contributed by atoms with Crippen molar-refractivity contribution in [2.45, 2.75) is 17.9 Å². The van der Waals surface area contributed by atoms with E-state index >= 15 is 0 Å². The van der Waals surface area contributed by atoms with E-state index in [2.05, 4.69) is 26.0 Å². The van der Waals surface area contributed by atoms with E-state index in [1.165, 1.54) is 18.4 Å². The van der Waals surface area contributed by atoms with Crippen molar-refractivity contribution in [3.63, 3.8) is 0 Å². The van der Waals surface area contributed by atoms with Gasteiger partial charge in [0.2, 0.25) is 15.9 Å². The van der Waals surface area contributed by atoms with Crippen molar-refractivity contribution in [1.82, 2.24) is 4.72 Å². The van der Waals surface area contributed by atoms with Crippen LogP contribution in [0.25, 0.3) is 0 Å². The third-order valence-corrected chi connectivity index (χ3v) is 5.73. The second kappa shape index (κ2) is 9.73. The average Bonchev–Trinajstić information content (AvgIpc) is 3.20. The highest BCUT2D eigenvalue weighted by atomic mass is 79.9. The Kier molecular flexibility index (Phi) is 7.08. The molecule has 29 heavy (non-hydrogen) atoms. The number of ether oxygens (including phenoxy) is 1. The van der Waals surface area contributed by atoms with Crippen molar-refractivity contribution in [3.8, 4) is 5.75 Å². The van der Waals surface area contributed by atoms with Gasteiger partial charge >= 0.3 is 0 Å². The van der Waals surface area contributed by atoms with Gasteiger partial charge in [-0.2, -0.15) is 0 Å². The number of benzene rings is 2. The molecule has 1 amide bonds. The van der Waals surface area contributed by atoms with Crippen LogP contribution in [0.4, 0.5) is 5.69 Å². The second-order valence-electron chi connectivity index (χ2n) is 6.04. The van der Waals surface area contributed by atoms with E-state index in [1.54, 1.807) is 30.3 Å². The molecule has 0 spiro atoms. The van der Waals surface area contributed by atoms with Crippen LogP contribution < -0.4 is 14.8 Å². The summed E-state index contributed by atoms with van der Waals surface area (Å²) in [5.41, 5.74) is 0.387. The summed E-state index contributed by atoms with van der Waals surface area (Å²) in [6.45, 7) is 0.240. The fraction of sp³-hybridized carbons (Fsp3) is 0.150. The van der Waals surface area contributed by atoms with E-state index in [0.717, 1.165) is 4.47 Å². The zero-order valence-electron chi connectivity index (χ0n) is 15.3. The molecule has 0 atom stereocenters. The normalized spacial score (nSPS) is 11.2. The van der Waals surface area contributed by atoms with E-state index in [-0.39, 0.29) is 30.4 Å². The van der Waals surface area contributed by atoms with Gasteiger partial charge in [0.15, 0.2) is 0 Å². The molecule has 0 radical (unpaired) electrons. The Hall–Kier alpha value is -2.62. The first-order chi connectivity index (χ1) is 13.9. The van der Waals surface area contributed by atoms with E-state index in [1.807, 2.05) is 18.2 Å². The SMILES string of the molecule is O=C(CCOc1cccc(Br)c1)Nc1cccc(S(=O)(=O)NCc2ccco2)c1. The Morgan fingerprint density at radius 2 is 1.90 bits per heavy atom. The van der Waals surface area contributed by atoms with Crippen molar-refractivity contribution in [2.75, 3.05) is 11.9 Å². The van der Waals surface area contributed by atoms with Crippen molar-refractivity contribution in [3.05, 3.63) is 77.2 Å². The molecule has 2 N–H and O–H groups in total. The Morgan fingerprint density at radius 1 is 1.07 bits per heavy atom. The third-order valence-electron chi connectivity index (χ3n) is 3.84. The fourth-order valence-corrected chi connectivity index (χ4v) is 3.86. The molecular formula is C20H19BrN2O5S. The zero-order chi connectivity index (χ0) is 20.7. The molecule has 0 aliphatic heterocycles.